The average Bonchev–Trinajstić information content (AvgIpc) is 1.97. The molecule has 0 radical (unpaired) electrons. The van der Waals surface area contributed by atoms with Crippen molar-refractivity contribution >= 4 is 5.91 Å². The second-order valence-corrected chi connectivity index (χ2v) is 1.66. The van der Waals surface area contributed by atoms with Gasteiger partial charge in [0.05, 0.1) is 19.9 Å². The van der Waals surface area contributed by atoms with E-state index in [1.54, 1.807) is 0 Å². The topological polar surface area (TPSA) is 81.6 Å². The van der Waals surface area contributed by atoms with Crippen LogP contribution in [-0.2, 0) is 4.79 Å². The van der Waals surface area contributed by atoms with Gasteiger partial charge in [-0.25, -0.2) is 0 Å². The maximum atomic E-state index is 10.6. The Labute approximate surface area is 59.0 Å². The van der Waals surface area contributed by atoms with Crippen molar-refractivity contribution in [3.63, 3.8) is 0 Å². The van der Waals surface area contributed by atoms with Crippen molar-refractivity contribution < 1.29 is 15.0 Å². The van der Waals surface area contributed by atoms with Gasteiger partial charge in [0, 0.05) is 6.54 Å². The fraction of sp³-hybridized carbons (Fsp3) is 0.800. The molecule has 0 aromatic carbocycles. The number of hydrogen-bond donors (Lipinski definition) is 4. The van der Waals surface area contributed by atoms with Crippen molar-refractivity contribution in [2.24, 2.45) is 0 Å². The van der Waals surface area contributed by atoms with Gasteiger partial charge >= 0.3 is 0 Å². The summed E-state index contributed by atoms with van der Waals surface area (Å²) >= 11 is 0. The molecule has 0 bridgehead atoms. The monoisotopic (exact) mass is 148 g/mol. The highest BCUT2D eigenvalue weighted by Crippen LogP contribution is 1.61. The first-order valence-corrected chi connectivity index (χ1v) is 3.00. The van der Waals surface area contributed by atoms with Gasteiger partial charge < -0.3 is 15.5 Å². The largest absolute Gasteiger partial charge is 0.395 e. The van der Waals surface area contributed by atoms with E-state index in [4.69, 9.17) is 10.2 Å². The molecule has 5 nitrogen and oxygen atoms in total. The van der Waals surface area contributed by atoms with E-state index in [1.165, 1.54) is 0 Å². The summed E-state index contributed by atoms with van der Waals surface area (Å²) in [6, 6.07) is 0. The minimum atomic E-state index is -0.233. The molecular formula is C5H12N2O3. The van der Waals surface area contributed by atoms with E-state index in [-0.39, 0.29) is 32.3 Å². The summed E-state index contributed by atoms with van der Waals surface area (Å²) in [6.07, 6.45) is 0. The van der Waals surface area contributed by atoms with Gasteiger partial charge in [0.25, 0.3) is 0 Å². The Morgan fingerprint density at radius 3 is 2.60 bits per heavy atom. The number of amides is 1. The predicted molar refractivity (Wildman–Crippen MR) is 35.2 cm³/mol. The van der Waals surface area contributed by atoms with Gasteiger partial charge in [-0.15, -0.1) is 0 Å². The van der Waals surface area contributed by atoms with E-state index >= 15 is 0 Å². The molecule has 0 saturated carbocycles. The lowest BCUT2D eigenvalue weighted by Gasteiger charge is -2.01. The molecular weight excluding hydrogens is 136 g/mol. The lowest BCUT2D eigenvalue weighted by atomic mass is 10.5. The minimum Gasteiger partial charge on any atom is -0.395 e. The van der Waals surface area contributed by atoms with Crippen LogP contribution < -0.4 is 10.6 Å². The Kier molecular flexibility index (Phi) is 6.05. The molecule has 0 atom stereocenters. The molecule has 60 valence electrons. The van der Waals surface area contributed by atoms with E-state index in [0.717, 1.165) is 0 Å². The molecule has 4 N–H and O–H groups in total. The summed E-state index contributed by atoms with van der Waals surface area (Å²) in [7, 11) is 0. The molecule has 0 aliphatic carbocycles. The molecule has 0 heterocycles. The van der Waals surface area contributed by atoms with Gasteiger partial charge in [-0.1, -0.05) is 0 Å². The van der Waals surface area contributed by atoms with E-state index in [9.17, 15) is 4.79 Å². The average molecular weight is 148 g/mol. The molecule has 10 heavy (non-hydrogen) atoms. The smallest absolute Gasteiger partial charge is 0.234 e. The summed E-state index contributed by atoms with van der Waals surface area (Å²) in [5.41, 5.74) is 0. The summed E-state index contributed by atoms with van der Waals surface area (Å²) in [6.45, 7) is 0.0554. The standard InChI is InChI=1S/C5H12N2O3/c8-2-1-7-5(10)3-6-4-9/h6,8-9H,1-4H2,(H,7,10). The van der Waals surface area contributed by atoms with Crippen LogP contribution in [0.2, 0.25) is 0 Å². The van der Waals surface area contributed by atoms with Crippen molar-refractivity contribution in [2.45, 2.75) is 0 Å². The maximum absolute atomic E-state index is 10.6. The lowest BCUT2D eigenvalue weighted by Crippen LogP contribution is -2.35. The van der Waals surface area contributed by atoms with Crippen molar-refractivity contribution in [3.8, 4) is 0 Å². The molecule has 0 saturated heterocycles. The fourth-order valence-corrected chi connectivity index (χ4v) is 0.427. The number of rotatable bonds is 5. The van der Waals surface area contributed by atoms with Gasteiger partial charge in [0.15, 0.2) is 0 Å². The highest BCUT2D eigenvalue weighted by Gasteiger charge is 1.95. The van der Waals surface area contributed by atoms with Crippen molar-refractivity contribution in [1.82, 2.24) is 10.6 Å². The van der Waals surface area contributed by atoms with Crippen LogP contribution in [0.3, 0.4) is 0 Å². The van der Waals surface area contributed by atoms with Gasteiger partial charge in [0.1, 0.15) is 0 Å². The molecule has 1 amide bonds. The molecule has 0 aromatic heterocycles. The first kappa shape index (κ1) is 9.35. The van der Waals surface area contributed by atoms with Gasteiger partial charge in [0.2, 0.25) is 5.91 Å². The number of carbonyl (C=O) groups is 1. The quantitative estimate of drug-likeness (QED) is 0.329. The second-order valence-electron chi connectivity index (χ2n) is 1.66. The Morgan fingerprint density at radius 1 is 1.40 bits per heavy atom. The van der Waals surface area contributed by atoms with Gasteiger partial charge in [-0.2, -0.15) is 0 Å². The predicted octanol–water partition coefficient (Wildman–Crippen LogP) is -2.37. The maximum Gasteiger partial charge on any atom is 0.234 e. The zero-order valence-electron chi connectivity index (χ0n) is 5.63. The zero-order chi connectivity index (χ0) is 7.82. The van der Waals surface area contributed by atoms with E-state index in [1.807, 2.05) is 0 Å². The Balaban J connectivity index is 3.09. The van der Waals surface area contributed by atoms with Crippen LogP contribution in [0, 0.1) is 0 Å². The minimum absolute atomic E-state index is 0.0646. The van der Waals surface area contributed by atoms with Crippen LogP contribution in [0.4, 0.5) is 0 Å². The number of carbonyl (C=O) groups excluding carboxylic acids is 1. The van der Waals surface area contributed by atoms with Crippen LogP contribution in [0.1, 0.15) is 0 Å². The Hall–Kier alpha value is -0.650. The van der Waals surface area contributed by atoms with Crippen molar-refractivity contribution in [2.75, 3.05) is 26.4 Å². The number of aliphatic hydroxyl groups is 2. The van der Waals surface area contributed by atoms with Crippen LogP contribution >= 0.6 is 0 Å². The summed E-state index contributed by atoms with van der Waals surface area (Å²) in [4.78, 5) is 10.6. The molecule has 0 aromatic rings. The summed E-state index contributed by atoms with van der Waals surface area (Å²) in [5, 5.41) is 21.3. The van der Waals surface area contributed by atoms with E-state index in [2.05, 4.69) is 10.6 Å². The second kappa shape index (κ2) is 6.47. The first-order valence-electron chi connectivity index (χ1n) is 3.00. The number of nitrogens with one attached hydrogen (secondary N) is 2. The van der Waals surface area contributed by atoms with Crippen molar-refractivity contribution in [1.29, 1.82) is 0 Å². The Morgan fingerprint density at radius 2 is 2.10 bits per heavy atom. The van der Waals surface area contributed by atoms with E-state index in [0.29, 0.717) is 0 Å². The fourth-order valence-electron chi connectivity index (χ4n) is 0.427. The first-order chi connectivity index (χ1) is 4.81. The highest BCUT2D eigenvalue weighted by atomic mass is 16.3. The van der Waals surface area contributed by atoms with E-state index < -0.39 is 0 Å². The molecule has 5 heteroatoms. The third-order valence-electron chi connectivity index (χ3n) is 0.831. The molecule has 0 fully saturated rings. The zero-order valence-corrected chi connectivity index (χ0v) is 5.63. The Bertz CT molecular complexity index is 86.9. The van der Waals surface area contributed by atoms with Crippen molar-refractivity contribution in [3.05, 3.63) is 0 Å². The third-order valence-corrected chi connectivity index (χ3v) is 0.831. The van der Waals surface area contributed by atoms with Gasteiger partial charge in [-0.3, -0.25) is 10.1 Å². The highest BCUT2D eigenvalue weighted by molar-refractivity contribution is 5.77. The lowest BCUT2D eigenvalue weighted by molar-refractivity contribution is -0.120. The number of hydrogen-bond acceptors (Lipinski definition) is 4. The van der Waals surface area contributed by atoms with Crippen LogP contribution in [0.5, 0.6) is 0 Å². The van der Waals surface area contributed by atoms with Crippen LogP contribution in [0.25, 0.3) is 0 Å². The SMILES string of the molecule is O=C(CNCO)NCCO. The molecule has 0 unspecified atom stereocenters. The van der Waals surface area contributed by atoms with Gasteiger partial charge in [-0.05, 0) is 0 Å². The normalized spacial score (nSPS) is 9.40. The molecule has 0 aliphatic rings. The molecule has 0 spiro atoms. The molecule has 0 rings (SSSR count). The number of aliphatic hydroxyl groups excluding tert-OH is 2. The van der Waals surface area contributed by atoms with Crippen LogP contribution in [-0.4, -0.2) is 42.5 Å². The summed E-state index contributed by atoms with van der Waals surface area (Å²) < 4.78 is 0. The van der Waals surface area contributed by atoms with Crippen LogP contribution in [0.15, 0.2) is 0 Å². The third kappa shape index (κ3) is 5.49. The summed E-state index contributed by atoms with van der Waals surface area (Å²) in [5.74, 6) is -0.233. The molecule has 0 aliphatic heterocycles.